The quantitative estimate of drug-likeness (QED) is 0.199. The molecule has 45 heavy (non-hydrogen) atoms. The van der Waals surface area contributed by atoms with Gasteiger partial charge >= 0.3 is 0 Å². The Bertz CT molecular complexity index is 2750. The van der Waals surface area contributed by atoms with Crippen LogP contribution in [-0.4, -0.2) is 14.5 Å². The Kier molecular flexibility index (Phi) is 5.32. The minimum atomic E-state index is 0.744. The number of hydrogen-bond donors (Lipinski definition) is 0. The monoisotopic (exact) mass is 609 g/mol. The summed E-state index contributed by atoms with van der Waals surface area (Å²) in [6.45, 7) is 0. The number of aromatic nitrogens is 3. The largest absolute Gasteiger partial charge is 0.308 e. The molecule has 210 valence electrons. The number of thiophene rings is 2. The third-order valence-corrected chi connectivity index (χ3v) is 11.1. The number of benzene rings is 6. The molecule has 0 saturated carbocycles. The van der Waals surface area contributed by atoms with E-state index in [4.69, 9.17) is 9.97 Å². The molecule has 4 heterocycles. The molecule has 10 aromatic rings. The lowest BCUT2D eigenvalue weighted by atomic mass is 10.1. The maximum Gasteiger partial charge on any atom is 0.161 e. The summed E-state index contributed by atoms with van der Waals surface area (Å²) in [6.07, 6.45) is 0. The first-order valence-corrected chi connectivity index (χ1v) is 16.6. The minimum Gasteiger partial charge on any atom is -0.308 e. The average Bonchev–Trinajstić information content (AvgIpc) is 3.78. The molecule has 4 aromatic heterocycles. The van der Waals surface area contributed by atoms with E-state index < -0.39 is 0 Å². The van der Waals surface area contributed by atoms with Gasteiger partial charge in [0, 0.05) is 58.5 Å². The fraction of sp³-hybridized carbons (Fsp3) is 0. The second kappa shape index (κ2) is 9.57. The molecule has 0 bridgehead atoms. The molecule has 0 spiro atoms. The van der Waals surface area contributed by atoms with Crippen molar-refractivity contribution in [1.82, 2.24) is 14.5 Å². The van der Waals surface area contributed by atoms with E-state index in [-0.39, 0.29) is 0 Å². The second-order valence-corrected chi connectivity index (χ2v) is 13.5. The van der Waals surface area contributed by atoms with Crippen molar-refractivity contribution >= 4 is 85.0 Å². The van der Waals surface area contributed by atoms with Gasteiger partial charge in [0.25, 0.3) is 0 Å². The van der Waals surface area contributed by atoms with Crippen molar-refractivity contribution in [1.29, 1.82) is 0 Å². The molecule has 0 unspecified atom stereocenters. The molecule has 5 heteroatoms. The number of rotatable bonds is 3. The molecule has 3 nitrogen and oxygen atoms in total. The van der Waals surface area contributed by atoms with Gasteiger partial charge in [0.05, 0.1) is 21.4 Å². The molecule has 10 rings (SSSR count). The predicted octanol–water partition coefficient (Wildman–Crippen LogP) is 11.6. The van der Waals surface area contributed by atoms with E-state index in [0.29, 0.717) is 0 Å². The lowest BCUT2D eigenvalue weighted by Gasteiger charge is -2.11. The standard InChI is InChI=1S/C40H23N3S2/c1-2-10-24(11-3-1)36-35-31-14-6-9-17-34(31)45-40(35)42-39(41-36)25-18-20-26(21-19-25)43-32-15-7-4-12-27(32)29-22-23-30-28-13-5-8-16-33(28)44-38(30)37(29)43/h1-23H. The van der Waals surface area contributed by atoms with Crippen LogP contribution in [0.1, 0.15) is 0 Å². The van der Waals surface area contributed by atoms with E-state index in [9.17, 15) is 0 Å². The van der Waals surface area contributed by atoms with Crippen LogP contribution in [0.2, 0.25) is 0 Å². The van der Waals surface area contributed by atoms with Crippen molar-refractivity contribution in [2.24, 2.45) is 0 Å². The summed E-state index contributed by atoms with van der Waals surface area (Å²) in [7, 11) is 0. The van der Waals surface area contributed by atoms with Crippen LogP contribution >= 0.6 is 22.7 Å². The zero-order valence-corrected chi connectivity index (χ0v) is 25.6. The average molecular weight is 610 g/mol. The van der Waals surface area contributed by atoms with Crippen LogP contribution in [0.4, 0.5) is 0 Å². The van der Waals surface area contributed by atoms with E-state index in [1.807, 2.05) is 11.3 Å². The maximum atomic E-state index is 5.21. The summed E-state index contributed by atoms with van der Waals surface area (Å²) in [5.41, 5.74) is 6.68. The normalized spacial score (nSPS) is 12.0. The molecule has 0 atom stereocenters. The highest BCUT2D eigenvalue weighted by molar-refractivity contribution is 7.26. The lowest BCUT2D eigenvalue weighted by Crippen LogP contribution is -1.96. The fourth-order valence-electron chi connectivity index (χ4n) is 6.82. The van der Waals surface area contributed by atoms with E-state index >= 15 is 0 Å². The Hall–Kier alpha value is -5.36. The SMILES string of the molecule is c1ccc(-c2nc(-c3ccc(-n4c5ccccc5c5ccc6c7ccccc7sc6c54)cc3)nc3sc4ccccc4c23)cc1. The zero-order valence-electron chi connectivity index (χ0n) is 23.9. The van der Waals surface area contributed by atoms with Crippen LogP contribution in [-0.2, 0) is 0 Å². The van der Waals surface area contributed by atoms with Crippen molar-refractivity contribution in [2.75, 3.05) is 0 Å². The topological polar surface area (TPSA) is 30.7 Å². The molecule has 0 N–H and O–H groups in total. The van der Waals surface area contributed by atoms with Gasteiger partial charge in [-0.1, -0.05) is 97.1 Å². The molecular formula is C40H23N3S2. The van der Waals surface area contributed by atoms with E-state index in [1.165, 1.54) is 52.1 Å². The minimum absolute atomic E-state index is 0.744. The molecule has 0 radical (unpaired) electrons. The van der Waals surface area contributed by atoms with Gasteiger partial charge in [-0.05, 0) is 42.5 Å². The summed E-state index contributed by atoms with van der Waals surface area (Å²) in [5.74, 6) is 0.744. The van der Waals surface area contributed by atoms with Crippen LogP contribution in [0.25, 0.3) is 90.6 Å². The van der Waals surface area contributed by atoms with E-state index in [0.717, 1.165) is 38.5 Å². The molecule has 6 aromatic carbocycles. The lowest BCUT2D eigenvalue weighted by molar-refractivity contribution is 1.18. The highest BCUT2D eigenvalue weighted by Gasteiger charge is 2.19. The van der Waals surface area contributed by atoms with Gasteiger partial charge < -0.3 is 4.57 Å². The van der Waals surface area contributed by atoms with Crippen LogP contribution < -0.4 is 0 Å². The third-order valence-electron chi connectivity index (χ3n) is 8.85. The smallest absolute Gasteiger partial charge is 0.161 e. The number of fused-ring (bicyclic) bond motifs is 10. The van der Waals surface area contributed by atoms with Crippen LogP contribution in [0, 0.1) is 0 Å². The van der Waals surface area contributed by atoms with Crippen molar-refractivity contribution in [3.63, 3.8) is 0 Å². The molecule has 0 aliphatic rings. The molecule has 0 amide bonds. The highest BCUT2D eigenvalue weighted by atomic mass is 32.1. The highest BCUT2D eigenvalue weighted by Crippen LogP contribution is 2.43. The van der Waals surface area contributed by atoms with Gasteiger partial charge in [-0.2, -0.15) is 0 Å². The first-order chi connectivity index (χ1) is 22.3. The Morgan fingerprint density at radius 3 is 1.96 bits per heavy atom. The van der Waals surface area contributed by atoms with Crippen LogP contribution in [0.15, 0.2) is 140 Å². The predicted molar refractivity (Wildman–Crippen MR) is 193 cm³/mol. The van der Waals surface area contributed by atoms with E-state index in [1.54, 1.807) is 11.3 Å². The Morgan fingerprint density at radius 1 is 0.467 bits per heavy atom. The summed E-state index contributed by atoms with van der Waals surface area (Å²) >= 11 is 3.61. The summed E-state index contributed by atoms with van der Waals surface area (Å²) in [4.78, 5) is 11.4. The fourth-order valence-corrected chi connectivity index (χ4v) is 9.13. The molecule has 0 saturated heterocycles. The Balaban J connectivity index is 1.19. The van der Waals surface area contributed by atoms with Crippen molar-refractivity contribution < 1.29 is 0 Å². The number of nitrogens with zero attached hydrogens (tertiary/aromatic N) is 3. The first kappa shape index (κ1) is 25.0. The second-order valence-electron chi connectivity index (χ2n) is 11.4. The molecular weight excluding hydrogens is 587 g/mol. The molecule has 0 fully saturated rings. The van der Waals surface area contributed by atoms with Gasteiger partial charge in [-0.3, -0.25) is 0 Å². The third kappa shape index (κ3) is 3.69. The van der Waals surface area contributed by atoms with E-state index in [2.05, 4.69) is 144 Å². The van der Waals surface area contributed by atoms with Crippen molar-refractivity contribution in [2.45, 2.75) is 0 Å². The zero-order chi connectivity index (χ0) is 29.5. The maximum absolute atomic E-state index is 5.21. The van der Waals surface area contributed by atoms with Gasteiger partial charge in [-0.15, -0.1) is 22.7 Å². The van der Waals surface area contributed by atoms with Crippen LogP contribution in [0.5, 0.6) is 0 Å². The summed E-state index contributed by atoms with van der Waals surface area (Å²) < 4.78 is 6.29. The number of hydrogen-bond acceptors (Lipinski definition) is 4. The molecule has 0 aliphatic heterocycles. The van der Waals surface area contributed by atoms with Crippen molar-refractivity contribution in [3.05, 3.63) is 140 Å². The Labute approximate surface area is 266 Å². The number of para-hydroxylation sites is 1. The van der Waals surface area contributed by atoms with Crippen molar-refractivity contribution in [3.8, 4) is 28.3 Å². The molecule has 0 aliphatic carbocycles. The van der Waals surface area contributed by atoms with Gasteiger partial charge in [0.1, 0.15) is 4.83 Å². The summed E-state index contributed by atoms with van der Waals surface area (Å²) in [6, 6.07) is 49.8. The van der Waals surface area contributed by atoms with Gasteiger partial charge in [-0.25, -0.2) is 9.97 Å². The van der Waals surface area contributed by atoms with Gasteiger partial charge in [0.15, 0.2) is 5.82 Å². The first-order valence-electron chi connectivity index (χ1n) is 15.0. The summed E-state index contributed by atoms with van der Waals surface area (Å²) in [5, 5.41) is 7.50. The Morgan fingerprint density at radius 2 is 1.13 bits per heavy atom. The van der Waals surface area contributed by atoms with Crippen LogP contribution in [0.3, 0.4) is 0 Å². The van der Waals surface area contributed by atoms with Gasteiger partial charge in [0.2, 0.25) is 0 Å².